The molecule has 3 rings (SSSR count). The van der Waals surface area contributed by atoms with Crippen molar-refractivity contribution >= 4 is 16.7 Å². The van der Waals surface area contributed by atoms with Crippen LogP contribution in [-0.2, 0) is 19.1 Å². The van der Waals surface area contributed by atoms with E-state index in [1.807, 2.05) is 0 Å². The minimum absolute atomic E-state index is 0.128. The Morgan fingerprint density at radius 2 is 2.05 bits per heavy atom. The monoisotopic (exact) mass is 295 g/mol. The number of nitrogen functional groups attached to an aromatic ring is 1. The molecular weight excluding hydrogens is 283 g/mol. The van der Waals surface area contributed by atoms with Gasteiger partial charge in [0.25, 0.3) is 0 Å². The molecule has 2 aromatic heterocycles. The first-order valence-electron chi connectivity index (χ1n) is 6.30. The summed E-state index contributed by atoms with van der Waals surface area (Å²) in [6.07, 6.45) is -2.67. The Kier molecular flexibility index (Phi) is 3.12. The number of alkyl halides is 3. The lowest BCUT2D eigenvalue weighted by molar-refractivity contribution is -0.146. The van der Waals surface area contributed by atoms with E-state index >= 15 is 0 Å². The minimum atomic E-state index is -4.52. The molecule has 0 saturated heterocycles. The highest BCUT2D eigenvalue weighted by atomic mass is 19.4. The van der Waals surface area contributed by atoms with E-state index in [2.05, 4.69) is 4.98 Å². The van der Waals surface area contributed by atoms with Gasteiger partial charge < -0.3 is 14.7 Å². The standard InChI is InChI=1S/C14H12F3N3O/c15-14(16,17)13-19-11-8-9(18)3-4-12(11)20(13)6-5-10-2-1-7-21-10/h1-4,7-8H,5-6,18H2. The third-order valence-corrected chi connectivity index (χ3v) is 3.19. The van der Waals surface area contributed by atoms with Crippen LogP contribution in [0, 0.1) is 0 Å². The van der Waals surface area contributed by atoms with Gasteiger partial charge in [-0.25, -0.2) is 4.98 Å². The number of imidazole rings is 1. The molecule has 0 amide bonds. The molecule has 21 heavy (non-hydrogen) atoms. The molecule has 4 nitrogen and oxygen atoms in total. The van der Waals surface area contributed by atoms with Gasteiger partial charge in [-0.2, -0.15) is 13.2 Å². The van der Waals surface area contributed by atoms with Crippen LogP contribution >= 0.6 is 0 Å². The van der Waals surface area contributed by atoms with E-state index in [-0.39, 0.29) is 12.1 Å². The first-order chi connectivity index (χ1) is 9.95. The second-order valence-electron chi connectivity index (χ2n) is 4.66. The number of rotatable bonds is 3. The molecule has 3 aromatic rings. The molecule has 110 valence electrons. The second-order valence-corrected chi connectivity index (χ2v) is 4.66. The fraction of sp³-hybridized carbons (Fsp3) is 0.214. The van der Waals surface area contributed by atoms with Crippen molar-refractivity contribution in [2.45, 2.75) is 19.1 Å². The van der Waals surface area contributed by atoms with Crippen LogP contribution in [0.1, 0.15) is 11.6 Å². The Morgan fingerprint density at radius 3 is 2.71 bits per heavy atom. The Morgan fingerprint density at radius 1 is 1.24 bits per heavy atom. The normalized spacial score (nSPS) is 12.1. The predicted octanol–water partition coefficient (Wildman–Crippen LogP) is 3.47. The molecule has 0 aliphatic carbocycles. The molecule has 1 aromatic carbocycles. The number of halogens is 3. The van der Waals surface area contributed by atoms with Gasteiger partial charge in [0.05, 0.1) is 17.3 Å². The SMILES string of the molecule is Nc1ccc2c(c1)nc(C(F)(F)F)n2CCc1ccco1. The van der Waals surface area contributed by atoms with Crippen molar-refractivity contribution in [3.8, 4) is 0 Å². The van der Waals surface area contributed by atoms with E-state index in [1.165, 1.54) is 12.3 Å². The average molecular weight is 295 g/mol. The van der Waals surface area contributed by atoms with Crippen molar-refractivity contribution in [3.05, 3.63) is 48.2 Å². The van der Waals surface area contributed by atoms with Gasteiger partial charge in [0.15, 0.2) is 0 Å². The van der Waals surface area contributed by atoms with E-state index in [4.69, 9.17) is 10.2 Å². The van der Waals surface area contributed by atoms with Crippen molar-refractivity contribution in [1.82, 2.24) is 9.55 Å². The Bertz CT molecular complexity index is 760. The zero-order valence-electron chi connectivity index (χ0n) is 10.9. The summed E-state index contributed by atoms with van der Waals surface area (Å²) in [7, 11) is 0. The lowest BCUT2D eigenvalue weighted by Crippen LogP contribution is -2.16. The number of aromatic nitrogens is 2. The summed E-state index contributed by atoms with van der Waals surface area (Å²) in [5.41, 5.74) is 6.62. The van der Waals surface area contributed by atoms with Gasteiger partial charge in [-0.05, 0) is 30.3 Å². The largest absolute Gasteiger partial charge is 0.469 e. The van der Waals surface area contributed by atoms with Gasteiger partial charge in [-0.15, -0.1) is 0 Å². The zero-order valence-corrected chi connectivity index (χ0v) is 10.9. The average Bonchev–Trinajstić information content (AvgIpc) is 3.01. The van der Waals surface area contributed by atoms with Crippen molar-refractivity contribution in [3.63, 3.8) is 0 Å². The highest BCUT2D eigenvalue weighted by Crippen LogP contribution is 2.32. The maximum absolute atomic E-state index is 13.1. The highest BCUT2D eigenvalue weighted by Gasteiger charge is 2.37. The van der Waals surface area contributed by atoms with Gasteiger partial charge in [-0.3, -0.25) is 0 Å². The second kappa shape index (κ2) is 4.83. The van der Waals surface area contributed by atoms with Crippen molar-refractivity contribution in [2.24, 2.45) is 0 Å². The maximum Gasteiger partial charge on any atom is 0.449 e. The molecule has 0 spiro atoms. The van der Waals surface area contributed by atoms with Gasteiger partial charge in [0.1, 0.15) is 5.76 Å². The van der Waals surface area contributed by atoms with Crippen LogP contribution in [0.3, 0.4) is 0 Å². The molecule has 0 atom stereocenters. The highest BCUT2D eigenvalue weighted by molar-refractivity contribution is 5.79. The molecule has 7 heteroatoms. The Labute approximate surface area is 118 Å². The molecular formula is C14H12F3N3O. The summed E-state index contributed by atoms with van der Waals surface area (Å²) < 4.78 is 45.6. The van der Waals surface area contributed by atoms with E-state index in [1.54, 1.807) is 24.3 Å². The quantitative estimate of drug-likeness (QED) is 0.753. The molecule has 2 heterocycles. The fourth-order valence-electron chi connectivity index (χ4n) is 2.27. The van der Waals surface area contributed by atoms with E-state index < -0.39 is 12.0 Å². The summed E-state index contributed by atoms with van der Waals surface area (Å²) in [6, 6.07) is 7.98. The maximum atomic E-state index is 13.1. The van der Waals surface area contributed by atoms with Crippen LogP contribution < -0.4 is 5.73 Å². The van der Waals surface area contributed by atoms with E-state index in [0.29, 0.717) is 23.4 Å². The van der Waals surface area contributed by atoms with E-state index in [9.17, 15) is 13.2 Å². The van der Waals surface area contributed by atoms with Crippen LogP contribution in [0.4, 0.5) is 18.9 Å². The summed E-state index contributed by atoms with van der Waals surface area (Å²) in [6.45, 7) is 0.128. The molecule has 0 fully saturated rings. The van der Waals surface area contributed by atoms with Crippen molar-refractivity contribution < 1.29 is 17.6 Å². The van der Waals surface area contributed by atoms with Gasteiger partial charge >= 0.3 is 6.18 Å². The van der Waals surface area contributed by atoms with Gasteiger partial charge in [0, 0.05) is 18.7 Å². The first-order valence-corrected chi connectivity index (χ1v) is 6.30. The van der Waals surface area contributed by atoms with Crippen molar-refractivity contribution in [2.75, 3.05) is 5.73 Å². The third kappa shape index (κ3) is 2.58. The summed E-state index contributed by atoms with van der Waals surface area (Å²) in [5, 5.41) is 0. The fourth-order valence-corrected chi connectivity index (χ4v) is 2.27. The molecule has 0 bridgehead atoms. The summed E-state index contributed by atoms with van der Waals surface area (Å²) in [5.74, 6) is -0.296. The minimum Gasteiger partial charge on any atom is -0.469 e. The molecule has 0 saturated carbocycles. The third-order valence-electron chi connectivity index (χ3n) is 3.19. The topological polar surface area (TPSA) is 57.0 Å². The van der Waals surface area contributed by atoms with Crippen molar-refractivity contribution in [1.29, 1.82) is 0 Å². The Hall–Kier alpha value is -2.44. The molecule has 0 aliphatic rings. The van der Waals surface area contributed by atoms with Gasteiger partial charge in [-0.1, -0.05) is 0 Å². The molecule has 0 aliphatic heterocycles. The lowest BCUT2D eigenvalue weighted by atomic mass is 10.2. The first kappa shape index (κ1) is 13.5. The lowest BCUT2D eigenvalue weighted by Gasteiger charge is -2.10. The van der Waals surface area contributed by atoms with Crippen LogP contribution in [0.5, 0.6) is 0 Å². The predicted molar refractivity (Wildman–Crippen MR) is 71.6 cm³/mol. The summed E-state index contributed by atoms with van der Waals surface area (Å²) in [4.78, 5) is 3.67. The molecule has 0 unspecified atom stereocenters. The van der Waals surface area contributed by atoms with Crippen LogP contribution in [0.15, 0.2) is 41.0 Å². The Balaban J connectivity index is 2.05. The van der Waals surface area contributed by atoms with Crippen LogP contribution in [0.25, 0.3) is 11.0 Å². The smallest absolute Gasteiger partial charge is 0.449 e. The summed E-state index contributed by atoms with van der Waals surface area (Å²) >= 11 is 0. The number of fused-ring (bicyclic) bond motifs is 1. The zero-order chi connectivity index (χ0) is 15.0. The number of benzene rings is 1. The van der Waals surface area contributed by atoms with E-state index in [0.717, 1.165) is 4.57 Å². The number of furan rings is 1. The van der Waals surface area contributed by atoms with Crippen LogP contribution in [0.2, 0.25) is 0 Å². The number of nitrogens with zero attached hydrogens (tertiary/aromatic N) is 2. The molecule has 2 N–H and O–H groups in total. The van der Waals surface area contributed by atoms with Crippen LogP contribution in [-0.4, -0.2) is 9.55 Å². The number of aryl methyl sites for hydroxylation is 2. The number of anilines is 1. The molecule has 0 radical (unpaired) electrons. The number of hydrogen-bond acceptors (Lipinski definition) is 3. The number of hydrogen-bond donors (Lipinski definition) is 1. The number of nitrogens with two attached hydrogens (primary N) is 1. The van der Waals surface area contributed by atoms with Gasteiger partial charge in [0.2, 0.25) is 5.82 Å².